The molecular formula is C20H29BrN6. The lowest BCUT2D eigenvalue weighted by molar-refractivity contribution is 0.138. The molecule has 1 aliphatic heterocycles. The van der Waals surface area contributed by atoms with Crippen LogP contribution in [0.1, 0.15) is 24.1 Å². The standard InChI is InChI=1S/C20H29BrN6/c1-16(18-4-6-19(21)7-5-18)26-10-12-27(13-11-26)20(22-2)23-9-8-17-14-24-25(3)15-17/h4-7,14-16H,8-13H2,1-3H3,(H,22,23). The average molecular weight is 433 g/mol. The van der Waals surface area contributed by atoms with Crippen LogP contribution < -0.4 is 5.32 Å². The van der Waals surface area contributed by atoms with Crippen molar-refractivity contribution < 1.29 is 0 Å². The molecule has 2 heterocycles. The van der Waals surface area contributed by atoms with Gasteiger partial charge in [-0.1, -0.05) is 28.1 Å². The van der Waals surface area contributed by atoms with E-state index in [1.807, 2.05) is 25.0 Å². The summed E-state index contributed by atoms with van der Waals surface area (Å²) in [4.78, 5) is 9.37. The zero-order chi connectivity index (χ0) is 19.2. The van der Waals surface area contributed by atoms with Crippen molar-refractivity contribution in [2.75, 3.05) is 39.8 Å². The number of aromatic nitrogens is 2. The van der Waals surface area contributed by atoms with E-state index in [1.165, 1.54) is 11.1 Å². The van der Waals surface area contributed by atoms with Gasteiger partial charge < -0.3 is 10.2 Å². The van der Waals surface area contributed by atoms with E-state index in [-0.39, 0.29) is 0 Å². The highest BCUT2D eigenvalue weighted by Crippen LogP contribution is 2.23. The van der Waals surface area contributed by atoms with Crippen molar-refractivity contribution in [1.82, 2.24) is 24.9 Å². The number of nitrogens with one attached hydrogen (secondary N) is 1. The van der Waals surface area contributed by atoms with Gasteiger partial charge in [0.2, 0.25) is 0 Å². The number of guanidine groups is 1. The van der Waals surface area contributed by atoms with E-state index in [0.717, 1.165) is 49.6 Å². The minimum Gasteiger partial charge on any atom is -0.356 e. The molecule has 1 saturated heterocycles. The Kier molecular flexibility index (Phi) is 6.90. The molecule has 0 bridgehead atoms. The van der Waals surface area contributed by atoms with Crippen molar-refractivity contribution in [3.05, 3.63) is 52.3 Å². The summed E-state index contributed by atoms with van der Waals surface area (Å²) >= 11 is 3.51. The molecule has 1 aromatic heterocycles. The number of hydrogen-bond acceptors (Lipinski definition) is 3. The van der Waals surface area contributed by atoms with Gasteiger partial charge in [0.15, 0.2) is 5.96 Å². The van der Waals surface area contributed by atoms with E-state index in [4.69, 9.17) is 0 Å². The third-order valence-corrected chi connectivity index (χ3v) is 5.71. The Labute approximate surface area is 170 Å². The van der Waals surface area contributed by atoms with Crippen LogP contribution in [0.5, 0.6) is 0 Å². The number of hydrogen-bond donors (Lipinski definition) is 1. The summed E-state index contributed by atoms with van der Waals surface area (Å²) in [6.07, 6.45) is 4.94. The van der Waals surface area contributed by atoms with Crippen molar-refractivity contribution in [2.24, 2.45) is 12.0 Å². The number of benzene rings is 1. The fraction of sp³-hybridized carbons (Fsp3) is 0.500. The SMILES string of the molecule is CN=C(NCCc1cnn(C)c1)N1CCN(C(C)c2ccc(Br)cc2)CC1. The Morgan fingerprint density at radius 1 is 1.22 bits per heavy atom. The van der Waals surface area contributed by atoms with Gasteiger partial charge in [-0.3, -0.25) is 14.6 Å². The maximum Gasteiger partial charge on any atom is 0.193 e. The topological polar surface area (TPSA) is 48.7 Å². The fourth-order valence-corrected chi connectivity index (χ4v) is 3.79. The molecular weight excluding hydrogens is 404 g/mol. The van der Waals surface area contributed by atoms with Gasteiger partial charge in [0.05, 0.1) is 6.20 Å². The largest absolute Gasteiger partial charge is 0.356 e. The third kappa shape index (κ3) is 5.32. The van der Waals surface area contributed by atoms with E-state index < -0.39 is 0 Å². The van der Waals surface area contributed by atoms with Crippen LogP contribution in [0.3, 0.4) is 0 Å². The van der Waals surface area contributed by atoms with Crippen molar-refractivity contribution in [2.45, 2.75) is 19.4 Å². The van der Waals surface area contributed by atoms with Crippen LogP contribution >= 0.6 is 15.9 Å². The van der Waals surface area contributed by atoms with Crippen LogP contribution in [0.15, 0.2) is 46.1 Å². The molecule has 0 spiro atoms. The van der Waals surface area contributed by atoms with E-state index >= 15 is 0 Å². The Morgan fingerprint density at radius 2 is 1.93 bits per heavy atom. The summed E-state index contributed by atoms with van der Waals surface area (Å²) in [6.45, 7) is 7.23. The predicted octanol–water partition coefficient (Wildman–Crippen LogP) is 2.68. The highest BCUT2D eigenvalue weighted by molar-refractivity contribution is 9.10. The zero-order valence-electron chi connectivity index (χ0n) is 16.4. The molecule has 27 heavy (non-hydrogen) atoms. The molecule has 0 radical (unpaired) electrons. The summed E-state index contributed by atoms with van der Waals surface area (Å²) in [7, 11) is 3.81. The van der Waals surface area contributed by atoms with Gasteiger partial charge in [-0.15, -0.1) is 0 Å². The van der Waals surface area contributed by atoms with Crippen LogP contribution in [-0.4, -0.2) is 65.3 Å². The molecule has 1 atom stereocenters. The first kappa shape index (κ1) is 19.9. The predicted molar refractivity (Wildman–Crippen MR) is 114 cm³/mol. The van der Waals surface area contributed by atoms with Crippen molar-refractivity contribution >= 4 is 21.9 Å². The quantitative estimate of drug-likeness (QED) is 0.582. The first-order valence-corrected chi connectivity index (χ1v) is 10.3. The van der Waals surface area contributed by atoms with Gasteiger partial charge in [0.25, 0.3) is 0 Å². The van der Waals surface area contributed by atoms with Gasteiger partial charge in [-0.2, -0.15) is 5.10 Å². The monoisotopic (exact) mass is 432 g/mol. The highest BCUT2D eigenvalue weighted by atomic mass is 79.9. The maximum absolute atomic E-state index is 4.47. The Bertz CT molecular complexity index is 746. The molecule has 1 N–H and O–H groups in total. The second-order valence-electron chi connectivity index (χ2n) is 7.00. The van der Waals surface area contributed by atoms with Gasteiger partial charge in [-0.25, -0.2) is 0 Å². The first-order valence-electron chi connectivity index (χ1n) is 9.49. The average Bonchev–Trinajstić information content (AvgIpc) is 3.11. The summed E-state index contributed by atoms with van der Waals surface area (Å²) in [5.41, 5.74) is 2.61. The van der Waals surface area contributed by atoms with Crippen molar-refractivity contribution in [3.8, 4) is 0 Å². The summed E-state index contributed by atoms with van der Waals surface area (Å²) < 4.78 is 2.97. The van der Waals surface area contributed by atoms with E-state index in [9.17, 15) is 0 Å². The van der Waals surface area contributed by atoms with E-state index in [1.54, 1.807) is 0 Å². The lowest BCUT2D eigenvalue weighted by atomic mass is 10.1. The smallest absolute Gasteiger partial charge is 0.193 e. The highest BCUT2D eigenvalue weighted by Gasteiger charge is 2.23. The molecule has 1 unspecified atom stereocenters. The number of aryl methyl sites for hydroxylation is 1. The van der Waals surface area contributed by atoms with Crippen LogP contribution in [0, 0.1) is 0 Å². The molecule has 7 heteroatoms. The van der Waals surface area contributed by atoms with Gasteiger partial charge in [-0.05, 0) is 36.6 Å². The molecule has 3 rings (SSSR count). The molecule has 1 aliphatic rings. The minimum atomic E-state index is 0.431. The normalized spacial score (nSPS) is 17.2. The fourth-order valence-electron chi connectivity index (χ4n) is 3.53. The molecule has 0 aliphatic carbocycles. The van der Waals surface area contributed by atoms with Gasteiger partial charge >= 0.3 is 0 Å². The van der Waals surface area contributed by atoms with Crippen LogP contribution in [0.2, 0.25) is 0 Å². The van der Waals surface area contributed by atoms with E-state index in [0.29, 0.717) is 6.04 Å². The molecule has 0 saturated carbocycles. The molecule has 1 aromatic carbocycles. The summed E-state index contributed by atoms with van der Waals surface area (Å²) in [6, 6.07) is 9.09. The zero-order valence-corrected chi connectivity index (χ0v) is 18.0. The Morgan fingerprint density at radius 3 is 2.52 bits per heavy atom. The third-order valence-electron chi connectivity index (χ3n) is 5.18. The van der Waals surface area contributed by atoms with Gasteiger partial charge in [0.1, 0.15) is 0 Å². The first-order chi connectivity index (χ1) is 13.1. The van der Waals surface area contributed by atoms with Crippen LogP contribution in [0.25, 0.3) is 0 Å². The number of piperazine rings is 1. The number of halogens is 1. The van der Waals surface area contributed by atoms with Crippen LogP contribution in [-0.2, 0) is 13.5 Å². The second kappa shape index (κ2) is 9.37. The molecule has 2 aromatic rings. The number of nitrogens with zero attached hydrogens (tertiary/aromatic N) is 5. The summed E-state index contributed by atoms with van der Waals surface area (Å²) in [5.74, 6) is 0.995. The lowest BCUT2D eigenvalue weighted by Crippen LogP contribution is -2.53. The Balaban J connectivity index is 1.47. The molecule has 1 fully saturated rings. The molecule has 0 amide bonds. The second-order valence-corrected chi connectivity index (χ2v) is 7.91. The van der Waals surface area contributed by atoms with E-state index in [2.05, 4.69) is 78.5 Å². The number of aliphatic imine (C=N–C) groups is 1. The molecule has 6 nitrogen and oxygen atoms in total. The minimum absolute atomic E-state index is 0.431. The Hall–Kier alpha value is -1.86. The van der Waals surface area contributed by atoms with Gasteiger partial charge in [0, 0.05) is 63.5 Å². The van der Waals surface area contributed by atoms with Crippen molar-refractivity contribution in [1.29, 1.82) is 0 Å². The molecule has 146 valence electrons. The lowest BCUT2D eigenvalue weighted by Gasteiger charge is -2.39. The number of rotatable bonds is 5. The summed E-state index contributed by atoms with van der Waals surface area (Å²) in [5, 5.41) is 7.71. The van der Waals surface area contributed by atoms with Crippen molar-refractivity contribution in [3.63, 3.8) is 0 Å². The van der Waals surface area contributed by atoms with Crippen LogP contribution in [0.4, 0.5) is 0 Å². The maximum atomic E-state index is 4.47.